The summed E-state index contributed by atoms with van der Waals surface area (Å²) in [6.07, 6.45) is 2.24. The van der Waals surface area contributed by atoms with Crippen molar-refractivity contribution >= 4 is 50.3 Å². The highest BCUT2D eigenvalue weighted by molar-refractivity contribution is 9.10. The van der Waals surface area contributed by atoms with E-state index in [-0.39, 0.29) is 17.9 Å². The molecule has 0 radical (unpaired) electrons. The number of nitro groups is 1. The number of ketones is 1. The molecular formula is C15H10BrClN4O3S. The molecule has 0 aliphatic rings. The van der Waals surface area contributed by atoms with Gasteiger partial charge in [0.2, 0.25) is 0 Å². The van der Waals surface area contributed by atoms with E-state index in [0.717, 1.165) is 0 Å². The molecule has 0 amide bonds. The number of rotatable bonds is 6. The molecule has 10 heteroatoms. The molecule has 2 heterocycles. The van der Waals surface area contributed by atoms with Crippen LogP contribution in [0.4, 0.5) is 5.69 Å². The lowest BCUT2D eigenvalue weighted by Gasteiger charge is -2.02. The summed E-state index contributed by atoms with van der Waals surface area (Å²) in [7, 11) is 0. The normalized spacial score (nSPS) is 10.8. The van der Waals surface area contributed by atoms with Crippen LogP contribution in [-0.2, 0) is 6.42 Å². The van der Waals surface area contributed by atoms with Gasteiger partial charge in [0.15, 0.2) is 5.78 Å². The third-order valence-corrected chi connectivity index (χ3v) is 5.14. The van der Waals surface area contributed by atoms with Crippen molar-refractivity contribution in [2.45, 2.75) is 12.8 Å². The SMILES string of the molecule is O=C(CCc1cn(-c2ccc(Br)cc2[N+](=O)[O-])nn1)c1ccc(Cl)s1. The Morgan fingerprint density at radius 2 is 2.16 bits per heavy atom. The number of thiophene rings is 1. The maximum absolute atomic E-state index is 12.1. The van der Waals surface area contributed by atoms with E-state index >= 15 is 0 Å². The summed E-state index contributed by atoms with van der Waals surface area (Å²) in [5.41, 5.74) is 0.798. The van der Waals surface area contributed by atoms with Crippen LogP contribution in [0.25, 0.3) is 5.69 Å². The third kappa shape index (κ3) is 4.12. The van der Waals surface area contributed by atoms with Crippen molar-refractivity contribution in [3.8, 4) is 5.69 Å². The van der Waals surface area contributed by atoms with Gasteiger partial charge in [0, 0.05) is 23.4 Å². The highest BCUT2D eigenvalue weighted by atomic mass is 79.9. The number of carbonyl (C=O) groups is 1. The monoisotopic (exact) mass is 440 g/mol. The number of benzene rings is 1. The molecule has 1 aromatic carbocycles. The molecule has 7 nitrogen and oxygen atoms in total. The molecule has 0 spiro atoms. The van der Waals surface area contributed by atoms with Crippen molar-refractivity contribution in [1.29, 1.82) is 0 Å². The number of aromatic nitrogens is 3. The first-order valence-corrected chi connectivity index (χ1v) is 9.07. The van der Waals surface area contributed by atoms with Gasteiger partial charge in [-0.3, -0.25) is 14.9 Å². The average molecular weight is 442 g/mol. The molecule has 3 aromatic rings. The number of nitrogens with zero attached hydrogens (tertiary/aromatic N) is 4. The highest BCUT2D eigenvalue weighted by Gasteiger charge is 2.18. The van der Waals surface area contributed by atoms with Gasteiger partial charge in [0.25, 0.3) is 5.69 Å². The number of carbonyl (C=O) groups excluding carboxylic acids is 1. The Kier molecular flexibility index (Phi) is 5.26. The molecule has 0 bridgehead atoms. The van der Waals surface area contributed by atoms with Crippen LogP contribution in [-0.4, -0.2) is 25.7 Å². The van der Waals surface area contributed by atoms with Crippen LogP contribution in [0, 0.1) is 10.1 Å². The van der Waals surface area contributed by atoms with Crippen molar-refractivity contribution < 1.29 is 9.72 Å². The summed E-state index contributed by atoms with van der Waals surface area (Å²) < 4.78 is 2.51. The van der Waals surface area contributed by atoms with Crippen molar-refractivity contribution in [2.75, 3.05) is 0 Å². The Balaban J connectivity index is 1.75. The minimum absolute atomic E-state index is 0.0268. The molecular weight excluding hydrogens is 432 g/mol. The van der Waals surface area contributed by atoms with E-state index in [1.54, 1.807) is 30.5 Å². The van der Waals surface area contributed by atoms with Gasteiger partial charge in [-0.15, -0.1) is 16.4 Å². The number of nitro benzene ring substituents is 1. The molecule has 0 saturated carbocycles. The molecule has 25 heavy (non-hydrogen) atoms. The number of Topliss-reactive ketones (excluding diaryl/α,β-unsaturated/α-hetero) is 1. The van der Waals surface area contributed by atoms with E-state index in [9.17, 15) is 14.9 Å². The van der Waals surface area contributed by atoms with Gasteiger partial charge in [0.1, 0.15) is 5.69 Å². The summed E-state index contributed by atoms with van der Waals surface area (Å²) >= 11 is 10.3. The van der Waals surface area contributed by atoms with E-state index in [4.69, 9.17) is 11.6 Å². The fourth-order valence-corrected chi connectivity index (χ4v) is 3.56. The Morgan fingerprint density at radius 3 is 2.84 bits per heavy atom. The first kappa shape index (κ1) is 17.7. The smallest absolute Gasteiger partial charge is 0.293 e. The fourth-order valence-electron chi connectivity index (χ4n) is 2.20. The molecule has 0 saturated heterocycles. The van der Waals surface area contributed by atoms with E-state index in [1.165, 1.54) is 22.1 Å². The van der Waals surface area contributed by atoms with Crippen molar-refractivity contribution in [1.82, 2.24) is 15.0 Å². The Bertz CT molecular complexity index is 956. The van der Waals surface area contributed by atoms with Crippen LogP contribution in [0.3, 0.4) is 0 Å². The zero-order valence-electron chi connectivity index (χ0n) is 12.6. The van der Waals surface area contributed by atoms with Gasteiger partial charge >= 0.3 is 0 Å². The van der Waals surface area contributed by atoms with Crippen LogP contribution in [0.5, 0.6) is 0 Å². The molecule has 2 aromatic heterocycles. The van der Waals surface area contributed by atoms with E-state index in [1.807, 2.05) is 0 Å². The second-order valence-corrected chi connectivity index (χ2v) is 7.70. The fraction of sp³-hybridized carbons (Fsp3) is 0.133. The second kappa shape index (κ2) is 7.42. The van der Waals surface area contributed by atoms with Crippen LogP contribution in [0.1, 0.15) is 21.8 Å². The molecule has 0 N–H and O–H groups in total. The predicted octanol–water partition coefficient (Wildman–Crippen LogP) is 4.47. The summed E-state index contributed by atoms with van der Waals surface area (Å²) in [6, 6.07) is 8.05. The quantitative estimate of drug-likeness (QED) is 0.320. The molecule has 0 fully saturated rings. The lowest BCUT2D eigenvalue weighted by molar-refractivity contribution is -0.384. The molecule has 0 unspecified atom stereocenters. The first-order valence-electron chi connectivity index (χ1n) is 7.08. The highest BCUT2D eigenvalue weighted by Crippen LogP contribution is 2.26. The maximum atomic E-state index is 12.1. The first-order chi connectivity index (χ1) is 11.9. The summed E-state index contributed by atoms with van der Waals surface area (Å²) in [5, 5.41) is 19.1. The molecule has 0 aliphatic carbocycles. The number of hydrogen-bond acceptors (Lipinski definition) is 6. The number of hydrogen-bond donors (Lipinski definition) is 0. The summed E-state index contributed by atoms with van der Waals surface area (Å²) in [5.74, 6) is -0.0268. The van der Waals surface area contributed by atoms with Crippen LogP contribution < -0.4 is 0 Å². The van der Waals surface area contributed by atoms with Crippen molar-refractivity contribution in [2.24, 2.45) is 0 Å². The number of halogens is 2. The van der Waals surface area contributed by atoms with Gasteiger partial charge in [0.05, 0.1) is 26.0 Å². The minimum Gasteiger partial charge on any atom is -0.293 e. The zero-order valence-corrected chi connectivity index (χ0v) is 15.7. The molecule has 3 rings (SSSR count). The van der Waals surface area contributed by atoms with Crippen LogP contribution in [0.2, 0.25) is 4.34 Å². The summed E-state index contributed by atoms with van der Waals surface area (Å²) in [6.45, 7) is 0. The van der Waals surface area contributed by atoms with Gasteiger partial charge in [-0.25, -0.2) is 4.68 Å². The van der Waals surface area contributed by atoms with Crippen molar-refractivity contribution in [3.63, 3.8) is 0 Å². The van der Waals surface area contributed by atoms with Gasteiger partial charge in [-0.2, -0.15) is 0 Å². The third-order valence-electron chi connectivity index (χ3n) is 3.38. The second-order valence-electron chi connectivity index (χ2n) is 5.07. The van der Waals surface area contributed by atoms with Crippen LogP contribution in [0.15, 0.2) is 41.0 Å². The van der Waals surface area contributed by atoms with Gasteiger partial charge in [-0.05, 0) is 24.3 Å². The maximum Gasteiger partial charge on any atom is 0.296 e. The van der Waals surface area contributed by atoms with Gasteiger partial charge in [-0.1, -0.05) is 32.7 Å². The van der Waals surface area contributed by atoms with E-state index < -0.39 is 4.92 Å². The van der Waals surface area contributed by atoms with Crippen LogP contribution >= 0.6 is 38.9 Å². The minimum atomic E-state index is -0.481. The Hall–Kier alpha value is -2.10. The molecule has 0 aliphatic heterocycles. The molecule has 0 atom stereocenters. The Labute approximate surface area is 159 Å². The Morgan fingerprint density at radius 1 is 1.36 bits per heavy atom. The lowest BCUT2D eigenvalue weighted by atomic mass is 10.1. The standard InChI is InChI=1S/C15H10BrClN4O3S/c16-9-1-3-11(12(7-9)21(23)24)20-8-10(18-19-20)2-4-13(22)14-5-6-15(17)25-14/h1,3,5-8H,2,4H2. The zero-order chi connectivity index (χ0) is 18.0. The predicted molar refractivity (Wildman–Crippen MR) is 97.7 cm³/mol. The van der Waals surface area contributed by atoms with E-state index in [2.05, 4.69) is 26.2 Å². The topological polar surface area (TPSA) is 90.9 Å². The average Bonchev–Trinajstić information content (AvgIpc) is 3.21. The summed E-state index contributed by atoms with van der Waals surface area (Å²) in [4.78, 5) is 23.4. The van der Waals surface area contributed by atoms with Crippen molar-refractivity contribution in [3.05, 3.63) is 66.0 Å². The number of aryl methyl sites for hydroxylation is 1. The molecule has 128 valence electrons. The van der Waals surface area contributed by atoms with E-state index in [0.29, 0.717) is 31.5 Å². The lowest BCUT2D eigenvalue weighted by Crippen LogP contribution is -2.01. The largest absolute Gasteiger partial charge is 0.296 e. The van der Waals surface area contributed by atoms with Gasteiger partial charge < -0.3 is 0 Å².